The first-order valence-electron chi connectivity index (χ1n) is 9.99. The van der Waals surface area contributed by atoms with Gasteiger partial charge in [0.25, 0.3) is 0 Å². The number of nitrogens with one attached hydrogen (secondary N) is 1. The molecule has 0 saturated heterocycles. The van der Waals surface area contributed by atoms with Crippen molar-refractivity contribution in [3.8, 4) is 0 Å². The maximum atomic E-state index is 12.9. The van der Waals surface area contributed by atoms with Gasteiger partial charge < -0.3 is 4.90 Å². The summed E-state index contributed by atoms with van der Waals surface area (Å²) in [7, 11) is -0.774. The van der Waals surface area contributed by atoms with E-state index >= 15 is 0 Å². The molecule has 4 nitrogen and oxygen atoms in total. The maximum Gasteiger partial charge on any atom is 0.241 e. The smallest absolute Gasteiger partial charge is 0.241 e. The van der Waals surface area contributed by atoms with Crippen LogP contribution in [0.2, 0.25) is 24.2 Å². The van der Waals surface area contributed by atoms with E-state index in [1.807, 2.05) is 49.3 Å². The van der Waals surface area contributed by atoms with Crippen molar-refractivity contribution in [2.45, 2.75) is 56.3 Å². The molecule has 0 unspecified atom stereocenters. The lowest BCUT2D eigenvalue weighted by Crippen LogP contribution is -2.33. The molecule has 2 aromatic rings. The number of hydrogen-bond acceptors (Lipinski definition) is 3. The Kier molecular flexibility index (Phi) is 7.48. The monoisotopic (exact) mass is 406 g/mol. The number of hydrogen-bond donors (Lipinski definition) is 1. The Morgan fingerprint density at radius 1 is 0.926 bits per heavy atom. The van der Waals surface area contributed by atoms with E-state index in [9.17, 15) is 8.42 Å². The van der Waals surface area contributed by atoms with Gasteiger partial charge in [0.15, 0.2) is 0 Å². The van der Waals surface area contributed by atoms with E-state index < -0.39 is 18.1 Å². The number of rotatable bonds is 10. The molecule has 2 aromatic carbocycles. The fraction of sp³-hybridized carbons (Fsp3) is 0.524. The van der Waals surface area contributed by atoms with E-state index in [1.54, 1.807) is 6.07 Å². The van der Waals surface area contributed by atoms with E-state index in [4.69, 9.17) is 0 Å². The van der Waals surface area contributed by atoms with Crippen LogP contribution in [0.4, 0.5) is 5.69 Å². The van der Waals surface area contributed by atoms with Crippen LogP contribution in [0.5, 0.6) is 0 Å². The van der Waals surface area contributed by atoms with Gasteiger partial charge in [-0.05, 0) is 18.6 Å². The molecule has 0 aliphatic carbocycles. The minimum absolute atomic E-state index is 0.369. The molecule has 0 spiro atoms. The summed E-state index contributed by atoms with van der Waals surface area (Å²) in [4.78, 5) is 2.38. The number of fused-ring (bicyclic) bond motifs is 1. The second kappa shape index (κ2) is 9.21. The molecule has 0 atom stereocenters. The van der Waals surface area contributed by atoms with Crippen LogP contribution in [0, 0.1) is 0 Å². The Morgan fingerprint density at radius 3 is 2.11 bits per heavy atom. The molecule has 0 aliphatic heterocycles. The zero-order chi connectivity index (χ0) is 20.1. The van der Waals surface area contributed by atoms with Crippen LogP contribution in [0.3, 0.4) is 0 Å². The van der Waals surface area contributed by atoms with E-state index in [0.29, 0.717) is 11.4 Å². The quantitative estimate of drug-likeness (QED) is 0.442. The highest BCUT2D eigenvalue weighted by Gasteiger charge is 2.26. The molecular formula is C21H34N2O2SSi. The van der Waals surface area contributed by atoms with Crippen molar-refractivity contribution in [3.63, 3.8) is 0 Å². The van der Waals surface area contributed by atoms with E-state index in [0.717, 1.165) is 22.9 Å². The molecule has 6 heteroatoms. The molecular weight excluding hydrogens is 372 g/mol. The van der Waals surface area contributed by atoms with Gasteiger partial charge >= 0.3 is 0 Å². The zero-order valence-electron chi connectivity index (χ0n) is 17.4. The van der Waals surface area contributed by atoms with Gasteiger partial charge in [-0.1, -0.05) is 69.2 Å². The standard InChI is InChI=1S/C21H34N2O2SSi/c1-6-27(7-2,8-3)17-11-16-22-26(24,25)21-15-10-12-18-19(21)13-9-14-20(18)23(4)5/h9-10,12-15,22H,6-8,11,16-17H2,1-5H3. The fourth-order valence-corrected chi connectivity index (χ4v) is 8.70. The van der Waals surface area contributed by atoms with Gasteiger partial charge in [-0.2, -0.15) is 0 Å². The van der Waals surface area contributed by atoms with Crippen molar-refractivity contribution in [1.82, 2.24) is 4.72 Å². The third-order valence-electron chi connectivity index (χ3n) is 6.06. The molecule has 0 aliphatic rings. The normalized spacial score (nSPS) is 12.5. The minimum Gasteiger partial charge on any atom is -0.377 e. The molecule has 0 saturated carbocycles. The molecule has 0 heterocycles. The van der Waals surface area contributed by atoms with Gasteiger partial charge in [0, 0.05) is 37.1 Å². The second-order valence-electron chi connectivity index (χ2n) is 7.58. The summed E-state index contributed by atoms with van der Waals surface area (Å²) in [5.74, 6) is 0. The number of benzene rings is 2. The van der Waals surface area contributed by atoms with Crippen molar-refractivity contribution in [2.75, 3.05) is 25.5 Å². The lowest BCUT2D eigenvalue weighted by molar-refractivity contribution is 0.581. The Balaban J connectivity index is 2.19. The molecule has 0 aromatic heterocycles. The Hall–Kier alpha value is -1.37. The van der Waals surface area contributed by atoms with Gasteiger partial charge in [0.05, 0.1) is 13.0 Å². The molecule has 150 valence electrons. The first kappa shape index (κ1) is 21.9. The Labute approximate surface area is 166 Å². The van der Waals surface area contributed by atoms with E-state index in [2.05, 4.69) is 25.5 Å². The lowest BCUT2D eigenvalue weighted by Gasteiger charge is -2.28. The third-order valence-corrected chi connectivity index (χ3v) is 13.5. The van der Waals surface area contributed by atoms with Crippen LogP contribution in [0.25, 0.3) is 10.8 Å². The molecule has 0 radical (unpaired) electrons. The third kappa shape index (κ3) is 4.92. The summed E-state index contributed by atoms with van der Waals surface area (Å²) in [6, 6.07) is 16.4. The average molecular weight is 407 g/mol. The SMILES string of the molecule is CC[Si](CC)(CC)CCCNS(=O)(=O)c1cccc2c(N(C)C)cccc12. The van der Waals surface area contributed by atoms with Crippen molar-refractivity contribution in [2.24, 2.45) is 0 Å². The van der Waals surface area contributed by atoms with Gasteiger partial charge in [0.2, 0.25) is 10.0 Å². The number of anilines is 1. The van der Waals surface area contributed by atoms with E-state index in [1.165, 1.54) is 24.2 Å². The summed E-state index contributed by atoms with van der Waals surface area (Å²) < 4.78 is 28.7. The average Bonchev–Trinajstić information content (AvgIpc) is 2.67. The Bertz CT molecular complexity index is 853. The number of nitrogens with zero attached hydrogens (tertiary/aromatic N) is 1. The number of sulfonamides is 1. The maximum absolute atomic E-state index is 12.9. The summed E-state index contributed by atoms with van der Waals surface area (Å²) in [5, 5.41) is 1.73. The minimum atomic E-state index is -3.52. The van der Waals surface area contributed by atoms with Crippen molar-refractivity contribution >= 4 is 34.6 Å². The topological polar surface area (TPSA) is 49.4 Å². The first-order chi connectivity index (χ1) is 12.8. The van der Waals surface area contributed by atoms with Gasteiger partial charge in [0.1, 0.15) is 0 Å². The predicted molar refractivity (Wildman–Crippen MR) is 120 cm³/mol. The van der Waals surface area contributed by atoms with Crippen LogP contribution in [0.15, 0.2) is 41.3 Å². The molecule has 0 bridgehead atoms. The summed E-state index contributed by atoms with van der Waals surface area (Å²) >= 11 is 0. The lowest BCUT2D eigenvalue weighted by atomic mass is 10.1. The van der Waals surface area contributed by atoms with Crippen molar-refractivity contribution in [3.05, 3.63) is 36.4 Å². The van der Waals surface area contributed by atoms with Crippen molar-refractivity contribution < 1.29 is 8.42 Å². The fourth-order valence-electron chi connectivity index (χ4n) is 3.92. The summed E-state index contributed by atoms with van der Waals surface area (Å²) in [5.41, 5.74) is 1.02. The molecule has 0 fully saturated rings. The highest BCUT2D eigenvalue weighted by atomic mass is 32.2. The summed E-state index contributed by atoms with van der Waals surface area (Å²) in [6.07, 6.45) is 0.925. The van der Waals surface area contributed by atoms with Crippen LogP contribution in [-0.4, -0.2) is 37.1 Å². The van der Waals surface area contributed by atoms with Crippen LogP contribution in [0.1, 0.15) is 27.2 Å². The van der Waals surface area contributed by atoms with Crippen LogP contribution in [-0.2, 0) is 10.0 Å². The van der Waals surface area contributed by atoms with E-state index in [-0.39, 0.29) is 0 Å². The highest BCUT2D eigenvalue weighted by Crippen LogP contribution is 2.30. The largest absolute Gasteiger partial charge is 0.377 e. The zero-order valence-corrected chi connectivity index (χ0v) is 19.2. The Morgan fingerprint density at radius 2 is 1.52 bits per heavy atom. The van der Waals surface area contributed by atoms with Gasteiger partial charge in [-0.25, -0.2) is 13.1 Å². The van der Waals surface area contributed by atoms with Crippen molar-refractivity contribution in [1.29, 1.82) is 0 Å². The predicted octanol–water partition coefficient (Wildman–Crippen LogP) is 5.08. The second-order valence-corrected chi connectivity index (χ2v) is 14.9. The van der Waals surface area contributed by atoms with Crippen LogP contribution < -0.4 is 9.62 Å². The van der Waals surface area contributed by atoms with Gasteiger partial charge in [-0.15, -0.1) is 0 Å². The molecule has 1 N–H and O–H groups in total. The summed E-state index contributed by atoms with van der Waals surface area (Å²) in [6.45, 7) is 7.40. The highest BCUT2D eigenvalue weighted by molar-refractivity contribution is 7.89. The molecule has 27 heavy (non-hydrogen) atoms. The molecule has 2 rings (SSSR count). The first-order valence-corrected chi connectivity index (χ1v) is 14.3. The molecule has 0 amide bonds. The van der Waals surface area contributed by atoms with Gasteiger partial charge in [-0.3, -0.25) is 0 Å². The van der Waals surface area contributed by atoms with Crippen LogP contribution >= 0.6 is 0 Å².